The summed E-state index contributed by atoms with van der Waals surface area (Å²) in [6.07, 6.45) is 3.38. The van der Waals surface area contributed by atoms with Crippen LogP contribution < -0.4 is 0 Å². The van der Waals surface area contributed by atoms with E-state index in [2.05, 4.69) is 47.0 Å². The van der Waals surface area contributed by atoms with Gasteiger partial charge in [-0.2, -0.15) is 0 Å². The first-order chi connectivity index (χ1) is 11.1. The van der Waals surface area contributed by atoms with Crippen LogP contribution in [0.1, 0.15) is 5.56 Å². The van der Waals surface area contributed by atoms with E-state index in [-0.39, 0.29) is 0 Å². The average molecular weight is 456 g/mol. The van der Waals surface area contributed by atoms with Gasteiger partial charge in [0.05, 0.1) is 0 Å². The minimum atomic E-state index is -1.40. The lowest BCUT2D eigenvalue weighted by molar-refractivity contribution is 0.674. The summed E-state index contributed by atoms with van der Waals surface area (Å²) in [4.78, 5) is 4.02. The van der Waals surface area contributed by atoms with Gasteiger partial charge in [-0.05, 0) is 31.2 Å². The fraction of sp³-hybridized carbons (Fsp3) is 0.133. The van der Waals surface area contributed by atoms with Gasteiger partial charge < -0.3 is 0 Å². The van der Waals surface area contributed by atoms with Gasteiger partial charge in [0.15, 0.2) is 8.89 Å². The molecule has 0 aliphatic carbocycles. The quantitative estimate of drug-likeness (QED) is 0.561. The van der Waals surface area contributed by atoms with Crippen molar-refractivity contribution >= 4 is 42.7 Å². The number of pyridine rings is 1. The average Bonchev–Trinajstić information content (AvgIpc) is 3.00. The summed E-state index contributed by atoms with van der Waals surface area (Å²) < 4.78 is 13.9. The van der Waals surface area contributed by atoms with E-state index in [1.807, 2.05) is 43.3 Å². The first-order valence-corrected chi connectivity index (χ1v) is 9.74. The van der Waals surface area contributed by atoms with Crippen LogP contribution >= 0.6 is 31.9 Å². The molecule has 0 saturated heterocycles. The summed E-state index contributed by atoms with van der Waals surface area (Å²) in [5.41, 5.74) is 2.86. The van der Waals surface area contributed by atoms with Crippen molar-refractivity contribution in [3.8, 4) is 17.1 Å². The number of rotatable bonds is 4. The van der Waals surface area contributed by atoms with E-state index in [4.69, 9.17) is 0 Å². The molecular weight excluding hydrogens is 444 g/mol. The van der Waals surface area contributed by atoms with E-state index in [1.165, 1.54) is 0 Å². The minimum Gasteiger partial charge on any atom is -0.268 e. The first-order valence-electron chi connectivity index (χ1n) is 6.69. The molecule has 0 saturated carbocycles. The van der Waals surface area contributed by atoms with E-state index < -0.39 is 13.9 Å². The Morgan fingerprint density at radius 3 is 2.30 bits per heavy atom. The van der Waals surface area contributed by atoms with Gasteiger partial charge in [-0.25, -0.2) is 4.21 Å². The molecule has 0 radical (unpaired) electrons. The molecular formula is C15H12Br2N4OS. The Bertz CT molecular complexity index is 834. The molecule has 0 N–H and O–H groups in total. The van der Waals surface area contributed by atoms with E-state index in [1.54, 1.807) is 17.0 Å². The predicted octanol–water partition coefficient (Wildman–Crippen LogP) is 3.82. The molecule has 23 heavy (non-hydrogen) atoms. The van der Waals surface area contributed by atoms with Gasteiger partial charge in [0.25, 0.3) is 0 Å². The number of nitrogens with zero attached hydrogens (tertiary/aromatic N) is 4. The van der Waals surface area contributed by atoms with Crippen molar-refractivity contribution in [2.24, 2.45) is 0 Å². The molecule has 1 atom stereocenters. The number of hydrogen-bond acceptors (Lipinski definition) is 4. The zero-order chi connectivity index (χ0) is 16.4. The summed E-state index contributed by atoms with van der Waals surface area (Å²) in [6.45, 7) is 2.02. The molecule has 0 aliphatic rings. The molecule has 0 spiro atoms. The zero-order valence-electron chi connectivity index (χ0n) is 12.1. The largest absolute Gasteiger partial charge is 0.268 e. The summed E-state index contributed by atoms with van der Waals surface area (Å²) in [7, 11) is -1.40. The SMILES string of the molecule is Cc1ccc(-n2c(-c3ccncc3)nnc2S(=O)C(Br)Br)cc1. The molecule has 0 aliphatic heterocycles. The zero-order valence-corrected chi connectivity index (χ0v) is 16.0. The van der Waals surface area contributed by atoms with Crippen molar-refractivity contribution in [1.29, 1.82) is 0 Å². The van der Waals surface area contributed by atoms with Gasteiger partial charge in [-0.15, -0.1) is 10.2 Å². The van der Waals surface area contributed by atoms with Crippen LogP contribution in [0.2, 0.25) is 0 Å². The molecule has 3 rings (SSSR count). The number of alkyl halides is 2. The summed E-state index contributed by atoms with van der Waals surface area (Å²) in [6, 6.07) is 11.6. The van der Waals surface area contributed by atoms with Crippen LogP contribution in [0.25, 0.3) is 17.1 Å². The monoisotopic (exact) mass is 454 g/mol. The van der Waals surface area contributed by atoms with Gasteiger partial charge >= 0.3 is 0 Å². The number of halogens is 2. The second-order valence-electron chi connectivity index (χ2n) is 4.77. The smallest absolute Gasteiger partial charge is 0.228 e. The molecule has 2 heterocycles. The van der Waals surface area contributed by atoms with Gasteiger partial charge in [-0.1, -0.05) is 49.6 Å². The number of benzene rings is 1. The van der Waals surface area contributed by atoms with E-state index >= 15 is 0 Å². The van der Waals surface area contributed by atoms with Gasteiger partial charge in [0, 0.05) is 23.6 Å². The Labute approximate surface area is 152 Å². The van der Waals surface area contributed by atoms with E-state index in [0.29, 0.717) is 11.0 Å². The molecule has 5 nitrogen and oxygen atoms in total. The van der Waals surface area contributed by atoms with Crippen LogP contribution in [0.4, 0.5) is 0 Å². The maximum absolute atomic E-state index is 12.5. The Hall–Kier alpha value is -1.38. The van der Waals surface area contributed by atoms with Gasteiger partial charge in [0.2, 0.25) is 5.16 Å². The van der Waals surface area contributed by atoms with Crippen molar-refractivity contribution in [2.45, 2.75) is 15.1 Å². The van der Waals surface area contributed by atoms with Crippen molar-refractivity contribution in [2.75, 3.05) is 0 Å². The number of aromatic nitrogens is 4. The van der Waals surface area contributed by atoms with Gasteiger partial charge in [-0.3, -0.25) is 9.55 Å². The molecule has 0 bridgehead atoms. The van der Waals surface area contributed by atoms with Crippen LogP contribution in [0.5, 0.6) is 0 Å². The Balaban J connectivity index is 2.22. The molecule has 118 valence electrons. The third kappa shape index (κ3) is 3.44. The van der Waals surface area contributed by atoms with Gasteiger partial charge in [0.1, 0.15) is 10.8 Å². The fourth-order valence-electron chi connectivity index (χ4n) is 2.09. The third-order valence-electron chi connectivity index (χ3n) is 3.21. The maximum Gasteiger partial charge on any atom is 0.228 e. The topological polar surface area (TPSA) is 60.7 Å². The first kappa shape index (κ1) is 16.5. The summed E-state index contributed by atoms with van der Waals surface area (Å²) in [5, 5.41) is 8.76. The van der Waals surface area contributed by atoms with Crippen molar-refractivity contribution < 1.29 is 4.21 Å². The second kappa shape index (κ2) is 7.02. The number of aryl methyl sites for hydroxylation is 1. The lowest BCUT2D eigenvalue weighted by Crippen LogP contribution is -2.09. The molecule has 1 aromatic carbocycles. The molecule has 8 heteroatoms. The number of hydrogen-bond donors (Lipinski definition) is 0. The molecule has 1 unspecified atom stereocenters. The summed E-state index contributed by atoms with van der Waals surface area (Å²) >= 11 is 6.57. The van der Waals surface area contributed by atoms with Crippen molar-refractivity contribution in [1.82, 2.24) is 19.7 Å². The van der Waals surface area contributed by atoms with E-state index in [0.717, 1.165) is 16.8 Å². The standard InChI is InChI=1S/C15H12Br2N4OS/c1-10-2-4-12(5-3-10)21-13(11-6-8-18-9-7-11)19-20-15(21)23(22)14(16)17/h2-9,14H,1H3. The van der Waals surface area contributed by atoms with Crippen molar-refractivity contribution in [3.05, 3.63) is 54.4 Å². The molecule has 3 aromatic rings. The lowest BCUT2D eigenvalue weighted by atomic mass is 10.2. The van der Waals surface area contributed by atoms with Crippen LogP contribution in [-0.2, 0) is 10.8 Å². The molecule has 2 aromatic heterocycles. The van der Waals surface area contributed by atoms with Crippen molar-refractivity contribution in [3.63, 3.8) is 0 Å². The van der Waals surface area contributed by atoms with Crippen LogP contribution in [0.3, 0.4) is 0 Å². The highest BCUT2D eigenvalue weighted by Crippen LogP contribution is 2.27. The third-order valence-corrected chi connectivity index (χ3v) is 6.19. The second-order valence-corrected chi connectivity index (χ2v) is 10.5. The lowest BCUT2D eigenvalue weighted by Gasteiger charge is -2.11. The molecule has 0 amide bonds. The summed E-state index contributed by atoms with van der Waals surface area (Å²) in [5.74, 6) is 0.625. The highest BCUT2D eigenvalue weighted by Gasteiger charge is 2.23. The van der Waals surface area contributed by atoms with E-state index in [9.17, 15) is 4.21 Å². The predicted molar refractivity (Wildman–Crippen MR) is 97.4 cm³/mol. The highest BCUT2D eigenvalue weighted by molar-refractivity contribution is 9.27. The maximum atomic E-state index is 12.5. The Kier molecular flexibility index (Phi) is 5.03. The normalized spacial score (nSPS) is 12.5. The fourth-order valence-corrected chi connectivity index (χ4v) is 3.75. The highest BCUT2D eigenvalue weighted by atomic mass is 79.9. The van der Waals surface area contributed by atoms with Crippen LogP contribution in [0, 0.1) is 6.92 Å². The Morgan fingerprint density at radius 2 is 1.70 bits per heavy atom. The Morgan fingerprint density at radius 1 is 1.04 bits per heavy atom. The van der Waals surface area contributed by atoms with Crippen LogP contribution in [0.15, 0.2) is 53.9 Å². The van der Waals surface area contributed by atoms with Crippen LogP contribution in [-0.4, -0.2) is 27.0 Å². The minimum absolute atomic E-state index is 0.374. The molecule has 0 fully saturated rings.